The van der Waals surface area contributed by atoms with Gasteiger partial charge in [0.2, 0.25) is 0 Å². The molecule has 0 aliphatic carbocycles. The lowest BCUT2D eigenvalue weighted by Gasteiger charge is -2.18. The zero-order valence-corrected chi connectivity index (χ0v) is 12.8. The Hall–Kier alpha value is -1.36. The number of halogens is 1. The van der Waals surface area contributed by atoms with E-state index in [2.05, 4.69) is 10.5 Å². The molecule has 5 heteroatoms. The molecule has 3 rings (SSSR count). The molecule has 0 unspecified atom stereocenters. The van der Waals surface area contributed by atoms with E-state index in [-0.39, 0.29) is 0 Å². The number of benzene rings is 1. The smallest absolute Gasteiger partial charge is 0.137 e. The van der Waals surface area contributed by atoms with Gasteiger partial charge in [-0.05, 0) is 24.6 Å². The van der Waals surface area contributed by atoms with E-state index >= 15 is 0 Å². The van der Waals surface area contributed by atoms with Crippen LogP contribution in [-0.2, 0) is 17.7 Å². The van der Waals surface area contributed by atoms with Crippen LogP contribution in [0.5, 0.6) is 0 Å². The van der Waals surface area contributed by atoms with Crippen molar-refractivity contribution in [1.82, 2.24) is 10.5 Å². The third kappa shape index (κ3) is 3.84. The number of hydrogen-bond acceptors (Lipinski definition) is 4. The first-order valence-electron chi connectivity index (χ1n) is 7.18. The van der Waals surface area contributed by atoms with Crippen LogP contribution >= 0.6 is 11.6 Å². The van der Waals surface area contributed by atoms with Crippen LogP contribution in [0.15, 0.2) is 34.9 Å². The number of nitrogens with one attached hydrogen (secondary N) is 1. The second kappa shape index (κ2) is 6.60. The molecule has 2 heterocycles. The van der Waals surface area contributed by atoms with E-state index in [1.165, 1.54) is 5.56 Å². The van der Waals surface area contributed by atoms with Crippen molar-refractivity contribution in [3.8, 4) is 0 Å². The fraction of sp³-hybridized carbons (Fsp3) is 0.438. The Bertz CT molecular complexity index is 582. The van der Waals surface area contributed by atoms with Crippen LogP contribution < -0.4 is 5.32 Å². The van der Waals surface area contributed by atoms with Crippen LogP contribution in [0.1, 0.15) is 17.0 Å². The van der Waals surface area contributed by atoms with E-state index in [1.807, 2.05) is 37.3 Å². The molecule has 1 aromatic heterocycles. The topological polar surface area (TPSA) is 47.3 Å². The van der Waals surface area contributed by atoms with Crippen molar-refractivity contribution in [3.05, 3.63) is 52.4 Å². The number of ether oxygens (including phenoxy) is 1. The van der Waals surface area contributed by atoms with Gasteiger partial charge in [0, 0.05) is 36.0 Å². The van der Waals surface area contributed by atoms with Gasteiger partial charge in [0.05, 0.1) is 18.9 Å². The number of aryl methyl sites for hydroxylation is 1. The molecular weight excluding hydrogens is 288 g/mol. The SMILES string of the molecule is Cc1cc(C[C@@H]2COC[C@H]2NCc2ccc(Cl)cc2)on1. The van der Waals surface area contributed by atoms with Gasteiger partial charge in [-0.15, -0.1) is 0 Å². The Balaban J connectivity index is 1.55. The van der Waals surface area contributed by atoms with Gasteiger partial charge in [0.15, 0.2) is 0 Å². The molecule has 1 aliphatic heterocycles. The molecule has 4 nitrogen and oxygen atoms in total. The van der Waals surface area contributed by atoms with E-state index < -0.39 is 0 Å². The molecule has 1 aromatic carbocycles. The highest BCUT2D eigenvalue weighted by atomic mass is 35.5. The Morgan fingerprint density at radius 3 is 2.81 bits per heavy atom. The average Bonchev–Trinajstić information content (AvgIpc) is 3.08. The largest absolute Gasteiger partial charge is 0.379 e. The maximum absolute atomic E-state index is 5.90. The standard InChI is InChI=1S/C16H19ClN2O2/c1-11-6-15(21-19-11)7-13-9-20-10-16(13)18-8-12-2-4-14(17)5-3-12/h2-6,13,16,18H,7-10H2,1H3/t13-,16-/m1/s1. The summed E-state index contributed by atoms with van der Waals surface area (Å²) in [6.45, 7) is 4.26. The number of nitrogens with zero attached hydrogens (tertiary/aromatic N) is 1. The summed E-state index contributed by atoms with van der Waals surface area (Å²) in [5.74, 6) is 1.35. The normalized spacial score (nSPS) is 21.8. The van der Waals surface area contributed by atoms with Crippen molar-refractivity contribution < 1.29 is 9.26 Å². The molecule has 0 amide bonds. The summed E-state index contributed by atoms with van der Waals surface area (Å²) in [6, 6.07) is 10.2. The lowest BCUT2D eigenvalue weighted by atomic mass is 9.98. The summed E-state index contributed by atoms with van der Waals surface area (Å²) in [6.07, 6.45) is 0.860. The highest BCUT2D eigenvalue weighted by molar-refractivity contribution is 6.30. The molecule has 1 aliphatic rings. The zero-order valence-electron chi connectivity index (χ0n) is 12.0. The van der Waals surface area contributed by atoms with Gasteiger partial charge in [-0.25, -0.2) is 0 Å². The van der Waals surface area contributed by atoms with Gasteiger partial charge < -0.3 is 14.6 Å². The van der Waals surface area contributed by atoms with Crippen LogP contribution in [0.4, 0.5) is 0 Å². The van der Waals surface area contributed by atoms with Crippen molar-refractivity contribution in [2.75, 3.05) is 13.2 Å². The Labute approximate surface area is 129 Å². The van der Waals surface area contributed by atoms with E-state index in [0.29, 0.717) is 12.0 Å². The summed E-state index contributed by atoms with van der Waals surface area (Å²) in [5.41, 5.74) is 2.15. The summed E-state index contributed by atoms with van der Waals surface area (Å²) >= 11 is 5.90. The lowest BCUT2D eigenvalue weighted by Crippen LogP contribution is -2.36. The minimum Gasteiger partial charge on any atom is -0.379 e. The zero-order chi connectivity index (χ0) is 14.7. The Kier molecular flexibility index (Phi) is 4.58. The van der Waals surface area contributed by atoms with Crippen molar-refractivity contribution in [2.45, 2.75) is 25.9 Å². The number of hydrogen-bond donors (Lipinski definition) is 1. The summed E-state index contributed by atoms with van der Waals surface area (Å²) in [5, 5.41) is 8.27. The van der Waals surface area contributed by atoms with Crippen molar-refractivity contribution in [1.29, 1.82) is 0 Å². The van der Waals surface area contributed by atoms with Gasteiger partial charge in [0.25, 0.3) is 0 Å². The molecule has 0 spiro atoms. The van der Waals surface area contributed by atoms with Crippen molar-refractivity contribution >= 4 is 11.6 Å². The molecule has 1 fully saturated rings. The molecule has 2 atom stereocenters. The highest BCUT2D eigenvalue weighted by Gasteiger charge is 2.29. The molecule has 1 N–H and O–H groups in total. The molecule has 1 saturated heterocycles. The van der Waals surface area contributed by atoms with Gasteiger partial charge >= 0.3 is 0 Å². The predicted octanol–water partition coefficient (Wildman–Crippen LogP) is 2.98. The Morgan fingerprint density at radius 1 is 1.29 bits per heavy atom. The van der Waals surface area contributed by atoms with Crippen LogP contribution in [0, 0.1) is 12.8 Å². The maximum atomic E-state index is 5.90. The van der Waals surface area contributed by atoms with Crippen molar-refractivity contribution in [3.63, 3.8) is 0 Å². The second-order valence-corrected chi connectivity index (χ2v) is 5.99. The maximum Gasteiger partial charge on any atom is 0.137 e. The number of aromatic nitrogens is 1. The second-order valence-electron chi connectivity index (χ2n) is 5.55. The number of rotatable bonds is 5. The fourth-order valence-electron chi connectivity index (χ4n) is 2.65. The molecule has 0 bridgehead atoms. The summed E-state index contributed by atoms with van der Waals surface area (Å²) in [4.78, 5) is 0. The van der Waals surface area contributed by atoms with Crippen LogP contribution in [0.3, 0.4) is 0 Å². The summed E-state index contributed by atoms with van der Waals surface area (Å²) in [7, 11) is 0. The average molecular weight is 307 g/mol. The van der Waals surface area contributed by atoms with Crippen molar-refractivity contribution in [2.24, 2.45) is 5.92 Å². The van der Waals surface area contributed by atoms with E-state index in [0.717, 1.165) is 42.7 Å². The minimum absolute atomic E-state index is 0.339. The first kappa shape index (κ1) is 14.6. The van der Waals surface area contributed by atoms with Gasteiger partial charge in [-0.2, -0.15) is 0 Å². The van der Waals surface area contributed by atoms with Gasteiger partial charge in [-0.3, -0.25) is 0 Å². The molecule has 112 valence electrons. The monoisotopic (exact) mass is 306 g/mol. The molecule has 0 radical (unpaired) electrons. The predicted molar refractivity (Wildman–Crippen MR) is 81.3 cm³/mol. The Morgan fingerprint density at radius 2 is 2.10 bits per heavy atom. The first-order valence-corrected chi connectivity index (χ1v) is 7.56. The third-order valence-corrected chi connectivity index (χ3v) is 4.07. The van der Waals surface area contributed by atoms with E-state index in [1.54, 1.807) is 0 Å². The highest BCUT2D eigenvalue weighted by Crippen LogP contribution is 2.20. The molecule has 2 aromatic rings. The van der Waals surface area contributed by atoms with Gasteiger partial charge in [-0.1, -0.05) is 28.9 Å². The third-order valence-electron chi connectivity index (χ3n) is 3.82. The van der Waals surface area contributed by atoms with Crippen LogP contribution in [-0.4, -0.2) is 24.4 Å². The van der Waals surface area contributed by atoms with Crippen LogP contribution in [0.2, 0.25) is 5.02 Å². The quantitative estimate of drug-likeness (QED) is 0.922. The van der Waals surface area contributed by atoms with E-state index in [4.69, 9.17) is 20.9 Å². The van der Waals surface area contributed by atoms with Crippen LogP contribution in [0.25, 0.3) is 0 Å². The fourth-order valence-corrected chi connectivity index (χ4v) is 2.77. The first-order chi connectivity index (χ1) is 10.2. The molecule has 21 heavy (non-hydrogen) atoms. The molecular formula is C16H19ClN2O2. The summed E-state index contributed by atoms with van der Waals surface area (Å²) < 4.78 is 10.9. The van der Waals surface area contributed by atoms with Gasteiger partial charge in [0.1, 0.15) is 5.76 Å². The minimum atomic E-state index is 0.339. The lowest BCUT2D eigenvalue weighted by molar-refractivity contribution is 0.181. The van der Waals surface area contributed by atoms with E-state index in [9.17, 15) is 0 Å². The molecule has 0 saturated carbocycles.